The summed E-state index contributed by atoms with van der Waals surface area (Å²) in [5.74, 6) is 1.30. The van der Waals surface area contributed by atoms with Crippen molar-refractivity contribution in [3.05, 3.63) is 29.8 Å². The predicted molar refractivity (Wildman–Crippen MR) is 82.8 cm³/mol. The number of thioether (sulfide) groups is 1. The molecule has 3 nitrogen and oxygen atoms in total. The van der Waals surface area contributed by atoms with Crippen molar-refractivity contribution in [3.8, 4) is 0 Å². The Morgan fingerprint density at radius 2 is 2.32 bits per heavy atom. The molecule has 1 fully saturated rings. The third-order valence-corrected chi connectivity index (χ3v) is 4.63. The van der Waals surface area contributed by atoms with E-state index in [4.69, 9.17) is 0 Å². The topological polar surface area (TPSA) is 41.1 Å². The zero-order valence-corrected chi connectivity index (χ0v) is 12.3. The SMILES string of the molecule is Cc1cccc(NC(=O)CNCC2CCCCS2)c1. The lowest BCUT2D eigenvalue weighted by Crippen LogP contribution is -2.33. The van der Waals surface area contributed by atoms with Gasteiger partial charge in [0.1, 0.15) is 0 Å². The maximum absolute atomic E-state index is 11.8. The molecule has 1 aromatic rings. The first-order valence-electron chi connectivity index (χ1n) is 6.93. The molecule has 2 rings (SSSR count). The van der Waals surface area contributed by atoms with Gasteiger partial charge in [-0.05, 0) is 43.2 Å². The molecule has 4 heteroatoms. The van der Waals surface area contributed by atoms with Gasteiger partial charge < -0.3 is 10.6 Å². The van der Waals surface area contributed by atoms with Crippen LogP contribution in [0.15, 0.2) is 24.3 Å². The average molecular weight is 278 g/mol. The van der Waals surface area contributed by atoms with Crippen LogP contribution in [0.2, 0.25) is 0 Å². The minimum absolute atomic E-state index is 0.0337. The molecule has 0 aromatic heterocycles. The fourth-order valence-electron chi connectivity index (χ4n) is 2.24. The molecule has 1 unspecified atom stereocenters. The van der Waals surface area contributed by atoms with Gasteiger partial charge in [-0.15, -0.1) is 0 Å². The molecule has 104 valence electrons. The zero-order chi connectivity index (χ0) is 13.5. The second kappa shape index (κ2) is 7.56. The molecule has 2 N–H and O–H groups in total. The van der Waals surface area contributed by atoms with Gasteiger partial charge in [0.25, 0.3) is 0 Å². The predicted octanol–water partition coefficient (Wildman–Crippen LogP) is 2.81. The van der Waals surface area contributed by atoms with E-state index in [2.05, 4.69) is 10.6 Å². The maximum atomic E-state index is 11.8. The van der Waals surface area contributed by atoms with Gasteiger partial charge in [0, 0.05) is 17.5 Å². The van der Waals surface area contributed by atoms with Crippen LogP contribution in [0.3, 0.4) is 0 Å². The summed E-state index contributed by atoms with van der Waals surface area (Å²) in [6, 6.07) is 7.88. The molecule has 1 amide bonds. The molecule has 0 spiro atoms. The van der Waals surface area contributed by atoms with E-state index in [1.165, 1.54) is 25.0 Å². The number of hydrogen-bond donors (Lipinski definition) is 2. The van der Waals surface area contributed by atoms with Crippen LogP contribution in [-0.2, 0) is 4.79 Å². The Kier molecular flexibility index (Phi) is 5.73. The van der Waals surface area contributed by atoms with E-state index in [0.29, 0.717) is 11.8 Å². The molecule has 1 saturated heterocycles. The monoisotopic (exact) mass is 278 g/mol. The Morgan fingerprint density at radius 1 is 1.42 bits per heavy atom. The van der Waals surface area contributed by atoms with Gasteiger partial charge in [-0.2, -0.15) is 11.8 Å². The van der Waals surface area contributed by atoms with Crippen molar-refractivity contribution in [2.75, 3.05) is 24.2 Å². The number of benzene rings is 1. The molecular formula is C15H22N2OS. The lowest BCUT2D eigenvalue weighted by atomic mass is 10.2. The lowest BCUT2D eigenvalue weighted by Gasteiger charge is -2.21. The quantitative estimate of drug-likeness (QED) is 0.870. The maximum Gasteiger partial charge on any atom is 0.238 e. The number of nitrogens with one attached hydrogen (secondary N) is 2. The van der Waals surface area contributed by atoms with E-state index in [0.717, 1.165) is 17.8 Å². The number of carbonyl (C=O) groups is 1. The minimum atomic E-state index is 0.0337. The lowest BCUT2D eigenvalue weighted by molar-refractivity contribution is -0.115. The number of rotatable bonds is 5. The fraction of sp³-hybridized carbons (Fsp3) is 0.533. The second-order valence-electron chi connectivity index (χ2n) is 5.04. The summed E-state index contributed by atoms with van der Waals surface area (Å²) in [5, 5.41) is 6.85. The zero-order valence-electron chi connectivity index (χ0n) is 11.4. The third kappa shape index (κ3) is 5.25. The molecule has 0 saturated carbocycles. The van der Waals surface area contributed by atoms with Crippen LogP contribution in [-0.4, -0.2) is 30.0 Å². The van der Waals surface area contributed by atoms with Crippen LogP contribution < -0.4 is 10.6 Å². The highest BCUT2D eigenvalue weighted by Gasteiger charge is 2.13. The van der Waals surface area contributed by atoms with Crippen molar-refractivity contribution in [2.24, 2.45) is 0 Å². The summed E-state index contributed by atoms with van der Waals surface area (Å²) >= 11 is 2.03. The smallest absolute Gasteiger partial charge is 0.238 e. The molecule has 1 atom stereocenters. The van der Waals surface area contributed by atoms with Crippen LogP contribution in [0, 0.1) is 6.92 Å². The number of carbonyl (C=O) groups excluding carboxylic acids is 1. The highest BCUT2D eigenvalue weighted by Crippen LogP contribution is 2.24. The third-order valence-electron chi connectivity index (χ3n) is 3.23. The van der Waals surface area contributed by atoms with Crippen LogP contribution in [0.25, 0.3) is 0 Å². The van der Waals surface area contributed by atoms with E-state index in [1.54, 1.807) is 0 Å². The summed E-state index contributed by atoms with van der Waals surface area (Å²) in [4.78, 5) is 11.8. The van der Waals surface area contributed by atoms with E-state index in [-0.39, 0.29) is 5.91 Å². The standard InChI is InChI=1S/C15H22N2OS/c1-12-5-4-6-13(9-12)17-15(18)11-16-10-14-7-2-3-8-19-14/h4-6,9,14,16H,2-3,7-8,10-11H2,1H3,(H,17,18). The first-order chi connectivity index (χ1) is 9.24. The first-order valence-corrected chi connectivity index (χ1v) is 7.98. The summed E-state index contributed by atoms with van der Waals surface area (Å²) < 4.78 is 0. The van der Waals surface area contributed by atoms with Crippen LogP contribution in [0.1, 0.15) is 24.8 Å². The van der Waals surface area contributed by atoms with E-state index in [1.807, 2.05) is 43.0 Å². The first kappa shape index (κ1) is 14.4. The highest BCUT2D eigenvalue weighted by molar-refractivity contribution is 7.99. The van der Waals surface area contributed by atoms with Gasteiger partial charge in [-0.25, -0.2) is 0 Å². The van der Waals surface area contributed by atoms with Gasteiger partial charge >= 0.3 is 0 Å². The molecule has 0 radical (unpaired) electrons. The van der Waals surface area contributed by atoms with E-state index >= 15 is 0 Å². The highest BCUT2D eigenvalue weighted by atomic mass is 32.2. The summed E-state index contributed by atoms with van der Waals surface area (Å²) in [6.45, 7) is 3.35. The van der Waals surface area contributed by atoms with Crippen molar-refractivity contribution in [3.63, 3.8) is 0 Å². The molecule has 1 aliphatic heterocycles. The Labute approximate surface area is 119 Å². The summed E-state index contributed by atoms with van der Waals surface area (Å²) in [7, 11) is 0. The second-order valence-corrected chi connectivity index (χ2v) is 6.45. The Bertz CT molecular complexity index is 416. The van der Waals surface area contributed by atoms with E-state index < -0.39 is 0 Å². The Morgan fingerprint density at radius 3 is 3.05 bits per heavy atom. The molecule has 0 bridgehead atoms. The van der Waals surface area contributed by atoms with Crippen molar-refractivity contribution >= 4 is 23.4 Å². The van der Waals surface area contributed by atoms with Crippen LogP contribution in [0.4, 0.5) is 5.69 Å². The van der Waals surface area contributed by atoms with Gasteiger partial charge in [0.05, 0.1) is 6.54 Å². The van der Waals surface area contributed by atoms with Gasteiger partial charge in [0.2, 0.25) is 5.91 Å². The van der Waals surface area contributed by atoms with Gasteiger partial charge in [-0.1, -0.05) is 18.6 Å². The molecular weight excluding hydrogens is 256 g/mol. The fourth-order valence-corrected chi connectivity index (χ4v) is 3.52. The summed E-state index contributed by atoms with van der Waals surface area (Å²) in [6.07, 6.45) is 3.95. The molecule has 19 heavy (non-hydrogen) atoms. The Balaban J connectivity index is 1.67. The minimum Gasteiger partial charge on any atom is -0.325 e. The molecule has 1 aliphatic rings. The van der Waals surface area contributed by atoms with Crippen molar-refractivity contribution in [1.82, 2.24) is 5.32 Å². The van der Waals surface area contributed by atoms with Crippen LogP contribution >= 0.6 is 11.8 Å². The molecule has 1 aromatic carbocycles. The van der Waals surface area contributed by atoms with Crippen molar-refractivity contribution in [1.29, 1.82) is 0 Å². The normalized spacial score (nSPS) is 19.1. The number of hydrogen-bond acceptors (Lipinski definition) is 3. The van der Waals surface area contributed by atoms with Crippen LogP contribution in [0.5, 0.6) is 0 Å². The molecule has 0 aliphatic carbocycles. The van der Waals surface area contributed by atoms with Gasteiger partial charge in [0.15, 0.2) is 0 Å². The average Bonchev–Trinajstić information content (AvgIpc) is 2.40. The van der Waals surface area contributed by atoms with Crippen molar-refractivity contribution < 1.29 is 4.79 Å². The van der Waals surface area contributed by atoms with Crippen molar-refractivity contribution in [2.45, 2.75) is 31.4 Å². The van der Waals surface area contributed by atoms with Gasteiger partial charge in [-0.3, -0.25) is 4.79 Å². The number of aryl methyl sites for hydroxylation is 1. The summed E-state index contributed by atoms with van der Waals surface area (Å²) in [5.41, 5.74) is 2.03. The number of amides is 1. The molecule has 1 heterocycles. The van der Waals surface area contributed by atoms with E-state index in [9.17, 15) is 4.79 Å². The number of anilines is 1. The Hall–Kier alpha value is -1.00. The largest absolute Gasteiger partial charge is 0.325 e.